The van der Waals surface area contributed by atoms with Crippen LogP contribution in [0.25, 0.3) is 11.1 Å². The molecular weight excluding hydrogens is 440 g/mol. The number of benzene rings is 3. The first kappa shape index (κ1) is 22.3. The lowest BCUT2D eigenvalue weighted by Crippen LogP contribution is -2.26. The summed E-state index contributed by atoms with van der Waals surface area (Å²) in [6, 6.07) is 19.2. The van der Waals surface area contributed by atoms with E-state index in [1.165, 1.54) is 30.4 Å². The number of amides is 1. The van der Waals surface area contributed by atoms with Crippen molar-refractivity contribution in [3.63, 3.8) is 0 Å². The number of nitrogen functional groups attached to an aromatic ring is 1. The second-order valence-electron chi connectivity index (χ2n) is 7.39. The molecule has 3 N–H and O–H groups in total. The molecule has 1 aliphatic carbocycles. The number of esters is 1. The van der Waals surface area contributed by atoms with E-state index < -0.39 is 12.1 Å². The van der Waals surface area contributed by atoms with Gasteiger partial charge in [0.1, 0.15) is 6.61 Å². The summed E-state index contributed by atoms with van der Waals surface area (Å²) >= 11 is 6.15. The van der Waals surface area contributed by atoms with Gasteiger partial charge in [0, 0.05) is 17.2 Å². The van der Waals surface area contributed by atoms with Crippen LogP contribution in [0.5, 0.6) is 0 Å². The molecule has 0 atom stereocenters. The standard InChI is InChI=1S/C26H21ClN2O4/c1-32-25(30)21-13-16(23(27)14-24(21)28)7-6-12-29-26(31)33-15-22-19-10-4-2-8-17(19)18-9-3-5-11-20(18)22/h2-5,8-11,13-14,22H,12,15,28H2,1H3,(H,29,31). The normalized spacial score (nSPS) is 11.6. The number of carbonyl (C=O) groups excluding carboxylic acids is 2. The van der Waals surface area contributed by atoms with Gasteiger partial charge in [-0.3, -0.25) is 0 Å². The zero-order valence-corrected chi connectivity index (χ0v) is 18.6. The van der Waals surface area contributed by atoms with Gasteiger partial charge >= 0.3 is 12.1 Å². The van der Waals surface area contributed by atoms with Crippen LogP contribution in [0.4, 0.5) is 10.5 Å². The number of methoxy groups -OCH3 is 1. The maximum atomic E-state index is 12.2. The first-order chi connectivity index (χ1) is 16.0. The lowest BCUT2D eigenvalue weighted by molar-refractivity contribution is 0.0602. The zero-order chi connectivity index (χ0) is 23.4. The Hall–Kier alpha value is -3.95. The minimum absolute atomic E-state index is 0.0143. The summed E-state index contributed by atoms with van der Waals surface area (Å²) in [6.45, 7) is 0.268. The number of fused-ring (bicyclic) bond motifs is 3. The van der Waals surface area contributed by atoms with E-state index in [2.05, 4.69) is 41.4 Å². The molecule has 3 aromatic rings. The van der Waals surface area contributed by atoms with Crippen LogP contribution in [0.3, 0.4) is 0 Å². The molecule has 0 saturated heterocycles. The molecule has 0 aromatic heterocycles. The number of nitrogens with two attached hydrogens (primary N) is 1. The topological polar surface area (TPSA) is 90.6 Å². The van der Waals surface area contributed by atoms with Gasteiger partial charge in [0.05, 0.1) is 24.2 Å². The molecule has 3 aromatic carbocycles. The number of carbonyl (C=O) groups is 2. The molecule has 166 valence electrons. The quantitative estimate of drug-likeness (QED) is 0.337. The van der Waals surface area contributed by atoms with Crippen LogP contribution in [0.15, 0.2) is 60.7 Å². The summed E-state index contributed by atoms with van der Waals surface area (Å²) in [7, 11) is 1.26. The van der Waals surface area contributed by atoms with E-state index in [4.69, 9.17) is 26.8 Å². The van der Waals surface area contributed by atoms with Gasteiger partial charge in [0.25, 0.3) is 0 Å². The Morgan fingerprint density at radius 3 is 2.33 bits per heavy atom. The molecule has 0 spiro atoms. The highest BCUT2D eigenvalue weighted by Gasteiger charge is 2.28. The van der Waals surface area contributed by atoms with Crippen molar-refractivity contribution in [1.82, 2.24) is 5.32 Å². The van der Waals surface area contributed by atoms with E-state index in [0.717, 1.165) is 11.1 Å². The van der Waals surface area contributed by atoms with E-state index in [9.17, 15) is 9.59 Å². The van der Waals surface area contributed by atoms with Crippen molar-refractivity contribution in [1.29, 1.82) is 0 Å². The van der Waals surface area contributed by atoms with Crippen LogP contribution in [0, 0.1) is 11.8 Å². The molecule has 1 amide bonds. The summed E-state index contributed by atoms with van der Waals surface area (Å²) < 4.78 is 10.2. The number of anilines is 1. The van der Waals surface area contributed by atoms with E-state index >= 15 is 0 Å². The fourth-order valence-corrected chi connectivity index (χ4v) is 4.10. The van der Waals surface area contributed by atoms with Crippen molar-refractivity contribution in [2.24, 2.45) is 0 Å². The van der Waals surface area contributed by atoms with Crippen molar-refractivity contribution in [2.45, 2.75) is 5.92 Å². The Labute approximate surface area is 196 Å². The molecule has 4 rings (SSSR count). The first-order valence-electron chi connectivity index (χ1n) is 10.2. The second kappa shape index (κ2) is 9.68. The molecular formula is C26H21ClN2O4. The number of hydrogen-bond donors (Lipinski definition) is 2. The SMILES string of the molecule is COC(=O)c1cc(C#CCNC(=O)OCC2c3ccccc3-c3ccccc32)c(Cl)cc1N. The van der Waals surface area contributed by atoms with Crippen LogP contribution in [-0.4, -0.2) is 32.3 Å². The fraction of sp³-hybridized carbons (Fsp3) is 0.154. The number of hydrogen-bond acceptors (Lipinski definition) is 5. The van der Waals surface area contributed by atoms with Gasteiger partial charge in [-0.05, 0) is 34.4 Å². The molecule has 0 saturated carbocycles. The third-order valence-corrected chi connectivity index (χ3v) is 5.75. The van der Waals surface area contributed by atoms with Gasteiger partial charge in [0.15, 0.2) is 0 Å². The van der Waals surface area contributed by atoms with E-state index in [-0.39, 0.29) is 30.3 Å². The number of alkyl carbamates (subject to hydrolysis) is 1. The summed E-state index contributed by atoms with van der Waals surface area (Å²) in [4.78, 5) is 24.0. The minimum atomic E-state index is -0.580. The summed E-state index contributed by atoms with van der Waals surface area (Å²) in [5.74, 6) is 5.03. The van der Waals surface area contributed by atoms with Crippen LogP contribution in [0.1, 0.15) is 33.0 Å². The number of halogens is 1. The van der Waals surface area contributed by atoms with Crippen molar-refractivity contribution < 1.29 is 19.1 Å². The Morgan fingerprint density at radius 2 is 1.70 bits per heavy atom. The smallest absolute Gasteiger partial charge is 0.407 e. The molecule has 33 heavy (non-hydrogen) atoms. The zero-order valence-electron chi connectivity index (χ0n) is 17.9. The van der Waals surface area contributed by atoms with Crippen molar-refractivity contribution in [3.05, 3.63) is 87.9 Å². The number of rotatable bonds is 4. The van der Waals surface area contributed by atoms with Gasteiger partial charge in [0.2, 0.25) is 0 Å². The minimum Gasteiger partial charge on any atom is -0.465 e. The molecule has 0 unspecified atom stereocenters. The van der Waals surface area contributed by atoms with Gasteiger partial charge in [-0.25, -0.2) is 9.59 Å². The van der Waals surface area contributed by atoms with Crippen LogP contribution in [0.2, 0.25) is 5.02 Å². The van der Waals surface area contributed by atoms with E-state index in [1.807, 2.05) is 24.3 Å². The highest BCUT2D eigenvalue weighted by Crippen LogP contribution is 2.44. The van der Waals surface area contributed by atoms with Crippen molar-refractivity contribution >= 4 is 29.4 Å². The summed E-state index contributed by atoms with van der Waals surface area (Å²) in [5, 5.41) is 2.91. The Bertz CT molecular complexity index is 1250. The molecule has 7 heteroatoms. The van der Waals surface area contributed by atoms with E-state index in [0.29, 0.717) is 10.6 Å². The summed E-state index contributed by atoms with van der Waals surface area (Å²) in [6.07, 6.45) is -0.565. The van der Waals surface area contributed by atoms with Crippen molar-refractivity contribution in [2.75, 3.05) is 26.0 Å². The Morgan fingerprint density at radius 1 is 1.06 bits per heavy atom. The Kier molecular flexibility index (Phi) is 6.53. The van der Waals surface area contributed by atoms with Gasteiger partial charge in [-0.1, -0.05) is 72.0 Å². The van der Waals surface area contributed by atoms with Gasteiger partial charge in [-0.2, -0.15) is 0 Å². The highest BCUT2D eigenvalue weighted by atomic mass is 35.5. The van der Waals surface area contributed by atoms with Crippen LogP contribution >= 0.6 is 11.6 Å². The predicted octanol–water partition coefficient (Wildman–Crippen LogP) is 4.60. The average Bonchev–Trinajstić information content (AvgIpc) is 3.15. The molecule has 0 aliphatic heterocycles. The third kappa shape index (κ3) is 4.64. The van der Waals surface area contributed by atoms with Crippen molar-refractivity contribution in [3.8, 4) is 23.0 Å². The highest BCUT2D eigenvalue weighted by molar-refractivity contribution is 6.32. The second-order valence-corrected chi connectivity index (χ2v) is 7.80. The lowest BCUT2D eigenvalue weighted by Gasteiger charge is -2.14. The van der Waals surface area contributed by atoms with Crippen LogP contribution < -0.4 is 11.1 Å². The Balaban J connectivity index is 1.37. The first-order valence-corrected chi connectivity index (χ1v) is 10.6. The van der Waals surface area contributed by atoms with Gasteiger partial charge in [-0.15, -0.1) is 0 Å². The maximum Gasteiger partial charge on any atom is 0.407 e. The molecule has 0 fully saturated rings. The predicted molar refractivity (Wildman–Crippen MR) is 127 cm³/mol. The number of nitrogens with one attached hydrogen (secondary N) is 1. The van der Waals surface area contributed by atoms with Crippen LogP contribution in [-0.2, 0) is 9.47 Å². The molecule has 1 aliphatic rings. The third-order valence-electron chi connectivity index (χ3n) is 5.43. The lowest BCUT2D eigenvalue weighted by atomic mass is 9.98. The van der Waals surface area contributed by atoms with E-state index in [1.54, 1.807) is 0 Å². The molecule has 0 radical (unpaired) electrons. The summed E-state index contributed by atoms with van der Waals surface area (Å²) in [5.41, 5.74) is 11.2. The molecule has 6 nitrogen and oxygen atoms in total. The molecule has 0 heterocycles. The molecule has 0 bridgehead atoms. The maximum absolute atomic E-state index is 12.2. The monoisotopic (exact) mass is 460 g/mol. The average molecular weight is 461 g/mol. The van der Waals surface area contributed by atoms with Gasteiger partial charge < -0.3 is 20.5 Å². The number of ether oxygens (including phenoxy) is 2. The largest absolute Gasteiger partial charge is 0.465 e. The fourth-order valence-electron chi connectivity index (χ4n) is 3.88.